The lowest BCUT2D eigenvalue weighted by Crippen LogP contribution is -2.44. The Morgan fingerprint density at radius 2 is 1.85 bits per heavy atom. The van der Waals surface area contributed by atoms with E-state index in [4.69, 9.17) is 4.74 Å². The molecule has 4 rings (SSSR count). The summed E-state index contributed by atoms with van der Waals surface area (Å²) in [6.45, 7) is 6.41. The van der Waals surface area contributed by atoms with Gasteiger partial charge in [-0.2, -0.15) is 0 Å². The lowest BCUT2D eigenvalue weighted by atomic mass is 10.1. The Morgan fingerprint density at radius 3 is 2.56 bits per heavy atom. The van der Waals surface area contributed by atoms with Crippen LogP contribution in [0.4, 0.5) is 5.69 Å². The van der Waals surface area contributed by atoms with E-state index in [9.17, 15) is 4.79 Å². The summed E-state index contributed by atoms with van der Waals surface area (Å²) >= 11 is 0. The fourth-order valence-electron chi connectivity index (χ4n) is 3.44. The second-order valence-electron chi connectivity index (χ2n) is 6.84. The molecule has 0 saturated carbocycles. The lowest BCUT2D eigenvalue weighted by molar-refractivity contribution is 0.0528. The number of likely N-dealkylation sites (N-methyl/N-ethyl adjacent to an activating group) is 1. The Kier molecular flexibility index (Phi) is 4.81. The quantitative estimate of drug-likeness (QED) is 0.721. The number of fused-ring (bicyclic) bond motifs is 1. The highest BCUT2D eigenvalue weighted by molar-refractivity contribution is 6.02. The van der Waals surface area contributed by atoms with Crippen molar-refractivity contribution in [2.75, 3.05) is 44.7 Å². The zero-order chi connectivity index (χ0) is 18.8. The number of para-hydroxylation sites is 1. The highest BCUT2D eigenvalue weighted by Gasteiger charge is 2.16. The molecular formula is C21H24N4O2. The maximum Gasteiger partial charge on any atom is 0.340 e. The average molecular weight is 364 g/mol. The third kappa shape index (κ3) is 3.53. The zero-order valence-electron chi connectivity index (χ0n) is 15.7. The van der Waals surface area contributed by atoms with E-state index in [1.165, 1.54) is 5.69 Å². The number of imidazole rings is 1. The lowest BCUT2D eigenvalue weighted by Gasteiger charge is -2.34. The van der Waals surface area contributed by atoms with Gasteiger partial charge in [0.15, 0.2) is 0 Å². The van der Waals surface area contributed by atoms with E-state index in [2.05, 4.69) is 51.1 Å². The Labute approximate surface area is 158 Å². The first kappa shape index (κ1) is 17.5. The molecule has 2 aromatic carbocycles. The number of ether oxygens (including phenoxy) is 1. The molecule has 0 amide bonds. The van der Waals surface area contributed by atoms with Gasteiger partial charge >= 0.3 is 5.97 Å². The fourth-order valence-corrected chi connectivity index (χ4v) is 3.44. The molecule has 1 aromatic heterocycles. The molecule has 0 bridgehead atoms. The third-order valence-corrected chi connectivity index (χ3v) is 5.02. The summed E-state index contributed by atoms with van der Waals surface area (Å²) in [6, 6.07) is 14.0. The zero-order valence-corrected chi connectivity index (χ0v) is 15.7. The number of esters is 1. The van der Waals surface area contributed by atoms with Crippen molar-refractivity contribution < 1.29 is 9.53 Å². The van der Waals surface area contributed by atoms with E-state index >= 15 is 0 Å². The number of aromatic amines is 1. The first-order valence-corrected chi connectivity index (χ1v) is 9.35. The molecule has 1 N–H and O–H groups in total. The van der Waals surface area contributed by atoms with Crippen molar-refractivity contribution in [1.29, 1.82) is 0 Å². The van der Waals surface area contributed by atoms with Crippen molar-refractivity contribution in [3.05, 3.63) is 48.0 Å². The molecule has 27 heavy (non-hydrogen) atoms. The van der Waals surface area contributed by atoms with Crippen LogP contribution in [0.3, 0.4) is 0 Å². The van der Waals surface area contributed by atoms with Gasteiger partial charge in [0.25, 0.3) is 0 Å². The number of anilines is 1. The Hall–Kier alpha value is -2.86. The number of hydrogen-bond acceptors (Lipinski definition) is 5. The van der Waals surface area contributed by atoms with E-state index in [-0.39, 0.29) is 5.97 Å². The van der Waals surface area contributed by atoms with Crippen LogP contribution in [0.1, 0.15) is 17.3 Å². The molecule has 2 heterocycles. The van der Waals surface area contributed by atoms with Gasteiger partial charge in [-0.3, -0.25) is 0 Å². The summed E-state index contributed by atoms with van der Waals surface area (Å²) in [5.41, 5.74) is 4.20. The maximum absolute atomic E-state index is 12.2. The monoisotopic (exact) mass is 364 g/mol. The van der Waals surface area contributed by atoms with Gasteiger partial charge in [0.05, 0.1) is 17.7 Å². The van der Waals surface area contributed by atoms with Crippen LogP contribution < -0.4 is 4.90 Å². The van der Waals surface area contributed by atoms with Crippen molar-refractivity contribution >= 4 is 22.7 Å². The van der Waals surface area contributed by atoms with Gasteiger partial charge in [0.2, 0.25) is 0 Å². The van der Waals surface area contributed by atoms with E-state index < -0.39 is 0 Å². The van der Waals surface area contributed by atoms with Crippen LogP contribution in [0.2, 0.25) is 0 Å². The van der Waals surface area contributed by atoms with E-state index in [0.29, 0.717) is 17.7 Å². The summed E-state index contributed by atoms with van der Waals surface area (Å²) in [7, 11) is 2.16. The van der Waals surface area contributed by atoms with Crippen molar-refractivity contribution in [2.45, 2.75) is 6.92 Å². The molecule has 1 saturated heterocycles. The number of piperazine rings is 1. The largest absolute Gasteiger partial charge is 0.462 e. The van der Waals surface area contributed by atoms with Crippen LogP contribution in [-0.4, -0.2) is 60.7 Å². The number of aromatic nitrogens is 2. The SMILES string of the molecule is CCOC(=O)c1cccc2[nH]c(-c3ccc(N4CCN(C)CC4)cc3)nc12. The predicted molar refractivity (Wildman–Crippen MR) is 107 cm³/mol. The van der Waals surface area contributed by atoms with E-state index in [1.54, 1.807) is 13.0 Å². The smallest absolute Gasteiger partial charge is 0.340 e. The summed E-state index contributed by atoms with van der Waals surface area (Å²) < 4.78 is 5.14. The van der Waals surface area contributed by atoms with Gasteiger partial charge in [-0.15, -0.1) is 0 Å². The van der Waals surface area contributed by atoms with Gasteiger partial charge in [-0.05, 0) is 50.4 Å². The summed E-state index contributed by atoms with van der Waals surface area (Å²) in [4.78, 5) is 24.9. The van der Waals surface area contributed by atoms with Gasteiger partial charge < -0.3 is 19.5 Å². The summed E-state index contributed by atoms with van der Waals surface area (Å²) in [6.07, 6.45) is 0. The van der Waals surface area contributed by atoms with E-state index in [0.717, 1.165) is 43.1 Å². The number of nitrogens with zero attached hydrogens (tertiary/aromatic N) is 3. The molecule has 1 fully saturated rings. The molecule has 1 aliphatic rings. The topological polar surface area (TPSA) is 61.5 Å². The van der Waals surface area contributed by atoms with Crippen LogP contribution in [0.15, 0.2) is 42.5 Å². The minimum Gasteiger partial charge on any atom is -0.462 e. The van der Waals surface area contributed by atoms with E-state index in [1.807, 2.05) is 12.1 Å². The Balaban J connectivity index is 1.61. The molecule has 0 atom stereocenters. The minimum absolute atomic E-state index is 0.341. The Morgan fingerprint density at radius 1 is 1.11 bits per heavy atom. The standard InChI is InChI=1S/C21H24N4O2/c1-3-27-21(26)17-5-4-6-18-19(17)23-20(22-18)15-7-9-16(10-8-15)25-13-11-24(2)12-14-25/h4-10H,3,11-14H2,1-2H3,(H,22,23). The number of nitrogens with one attached hydrogen (secondary N) is 1. The van der Waals surface area contributed by atoms with Gasteiger partial charge in [0, 0.05) is 37.4 Å². The minimum atomic E-state index is -0.341. The van der Waals surface area contributed by atoms with Gasteiger partial charge in [-0.25, -0.2) is 9.78 Å². The van der Waals surface area contributed by atoms with Crippen molar-refractivity contribution in [2.24, 2.45) is 0 Å². The summed E-state index contributed by atoms with van der Waals surface area (Å²) in [5.74, 6) is 0.415. The highest BCUT2D eigenvalue weighted by Crippen LogP contribution is 2.26. The molecule has 6 nitrogen and oxygen atoms in total. The fraction of sp³-hybridized carbons (Fsp3) is 0.333. The molecule has 6 heteroatoms. The predicted octanol–water partition coefficient (Wildman–Crippen LogP) is 3.16. The second kappa shape index (κ2) is 7.40. The number of carbonyl (C=O) groups is 1. The number of hydrogen-bond donors (Lipinski definition) is 1. The molecule has 140 valence electrons. The van der Waals surface area contributed by atoms with Crippen LogP contribution >= 0.6 is 0 Å². The van der Waals surface area contributed by atoms with Gasteiger partial charge in [0.1, 0.15) is 11.3 Å². The van der Waals surface area contributed by atoms with Crippen molar-refractivity contribution in [3.63, 3.8) is 0 Å². The van der Waals surface area contributed by atoms with Crippen LogP contribution in [-0.2, 0) is 4.74 Å². The molecule has 1 aliphatic heterocycles. The molecule has 3 aromatic rings. The van der Waals surface area contributed by atoms with Crippen molar-refractivity contribution in [3.8, 4) is 11.4 Å². The number of benzene rings is 2. The van der Waals surface area contributed by atoms with Crippen LogP contribution in [0.5, 0.6) is 0 Å². The van der Waals surface area contributed by atoms with Crippen LogP contribution in [0.25, 0.3) is 22.4 Å². The molecule has 0 aliphatic carbocycles. The first-order chi connectivity index (χ1) is 13.2. The molecule has 0 spiro atoms. The first-order valence-electron chi connectivity index (χ1n) is 9.35. The molecular weight excluding hydrogens is 340 g/mol. The van der Waals surface area contributed by atoms with Gasteiger partial charge in [-0.1, -0.05) is 6.07 Å². The third-order valence-electron chi connectivity index (χ3n) is 5.02. The normalized spacial score (nSPS) is 15.3. The second-order valence-corrected chi connectivity index (χ2v) is 6.84. The van der Waals surface area contributed by atoms with Crippen molar-refractivity contribution in [1.82, 2.24) is 14.9 Å². The number of H-pyrrole nitrogens is 1. The molecule has 0 unspecified atom stereocenters. The van der Waals surface area contributed by atoms with Crippen LogP contribution in [0, 0.1) is 0 Å². The molecule has 0 radical (unpaired) electrons. The average Bonchev–Trinajstić information content (AvgIpc) is 3.13. The number of carbonyl (C=O) groups excluding carboxylic acids is 1. The Bertz CT molecular complexity index is 940. The number of rotatable bonds is 4. The highest BCUT2D eigenvalue weighted by atomic mass is 16.5. The summed E-state index contributed by atoms with van der Waals surface area (Å²) in [5, 5.41) is 0. The maximum atomic E-state index is 12.2.